The molecule has 5 aromatic rings. The summed E-state index contributed by atoms with van der Waals surface area (Å²) in [5.74, 6) is 6.80. The largest absolute Gasteiger partial charge is 0.495 e. The minimum Gasteiger partial charge on any atom is -0.495 e. The zero-order valence-electron chi connectivity index (χ0n) is 19.9. The fraction of sp³-hybridized carbons (Fsp3) is 0.129. The highest BCUT2D eigenvalue weighted by Crippen LogP contribution is 2.23. The van der Waals surface area contributed by atoms with Gasteiger partial charge in [0, 0.05) is 28.2 Å². The predicted octanol–water partition coefficient (Wildman–Crippen LogP) is 5.06. The van der Waals surface area contributed by atoms with Crippen molar-refractivity contribution in [3.05, 3.63) is 113 Å². The van der Waals surface area contributed by atoms with Crippen molar-refractivity contribution in [3.63, 3.8) is 0 Å². The molecule has 0 unspecified atom stereocenters. The Balaban J connectivity index is 1.45. The summed E-state index contributed by atoms with van der Waals surface area (Å²) in [7, 11) is 1.62. The van der Waals surface area contributed by atoms with Crippen LogP contribution in [-0.4, -0.2) is 35.8 Å². The van der Waals surface area contributed by atoms with E-state index in [1.54, 1.807) is 13.2 Å². The van der Waals surface area contributed by atoms with Gasteiger partial charge in [-0.2, -0.15) is 0 Å². The van der Waals surface area contributed by atoms with Crippen LogP contribution in [0.25, 0.3) is 21.7 Å². The number of aromatic nitrogens is 1. The molecule has 0 radical (unpaired) electrons. The summed E-state index contributed by atoms with van der Waals surface area (Å²) < 4.78 is 5.40. The fourth-order valence-corrected chi connectivity index (χ4v) is 4.45. The molecule has 0 saturated carbocycles. The van der Waals surface area contributed by atoms with Gasteiger partial charge in [0.2, 0.25) is 0 Å². The number of hydrogen-bond donors (Lipinski definition) is 3. The van der Waals surface area contributed by atoms with Crippen molar-refractivity contribution >= 4 is 27.6 Å². The average molecular weight is 475 g/mol. The Morgan fingerprint density at radius 3 is 2.56 bits per heavy atom. The van der Waals surface area contributed by atoms with E-state index in [1.807, 2.05) is 85.1 Å². The third-order valence-corrected chi connectivity index (χ3v) is 6.25. The van der Waals surface area contributed by atoms with Crippen LogP contribution < -0.4 is 10.1 Å². The zero-order chi connectivity index (χ0) is 24.9. The molecule has 5 nitrogen and oxygen atoms in total. The fourth-order valence-electron chi connectivity index (χ4n) is 4.45. The van der Waals surface area contributed by atoms with Crippen molar-refractivity contribution in [2.45, 2.75) is 12.5 Å². The molecule has 5 rings (SSSR count). The molecule has 1 aromatic heterocycles. The summed E-state index contributed by atoms with van der Waals surface area (Å²) in [4.78, 5) is 16.7. The smallest absolute Gasteiger partial charge is 0.252 e. The molecule has 5 heteroatoms. The minimum atomic E-state index is -0.432. The summed E-state index contributed by atoms with van der Waals surface area (Å²) in [5.41, 5.74) is 4.10. The van der Waals surface area contributed by atoms with Crippen LogP contribution in [0.4, 0.5) is 0 Å². The lowest BCUT2D eigenvalue weighted by atomic mass is 9.99. The van der Waals surface area contributed by atoms with Gasteiger partial charge in [-0.3, -0.25) is 4.79 Å². The maximum atomic E-state index is 13.4. The van der Waals surface area contributed by atoms with Crippen molar-refractivity contribution < 1.29 is 14.6 Å². The number of hydrogen-bond acceptors (Lipinski definition) is 3. The third-order valence-electron chi connectivity index (χ3n) is 6.25. The van der Waals surface area contributed by atoms with E-state index >= 15 is 0 Å². The molecule has 1 atom stereocenters. The number of nitrogens with one attached hydrogen (secondary N) is 2. The van der Waals surface area contributed by atoms with Crippen LogP contribution in [0.2, 0.25) is 0 Å². The van der Waals surface area contributed by atoms with Crippen LogP contribution >= 0.6 is 0 Å². The van der Waals surface area contributed by atoms with Crippen molar-refractivity contribution in [1.29, 1.82) is 0 Å². The second kappa shape index (κ2) is 10.4. The molecule has 0 fully saturated rings. The molecule has 0 saturated heterocycles. The summed E-state index contributed by atoms with van der Waals surface area (Å²) in [6, 6.07) is 26.7. The molecule has 0 aliphatic heterocycles. The van der Waals surface area contributed by atoms with E-state index in [0.717, 1.165) is 38.4 Å². The highest BCUT2D eigenvalue weighted by Gasteiger charge is 2.18. The van der Waals surface area contributed by atoms with Crippen LogP contribution in [0.5, 0.6) is 5.75 Å². The quantitative estimate of drug-likeness (QED) is 0.301. The maximum absolute atomic E-state index is 13.4. The van der Waals surface area contributed by atoms with Crippen LogP contribution in [0.3, 0.4) is 0 Å². The molecule has 36 heavy (non-hydrogen) atoms. The molecular weight excluding hydrogens is 448 g/mol. The first-order valence-corrected chi connectivity index (χ1v) is 11.8. The lowest BCUT2D eigenvalue weighted by Gasteiger charge is -2.17. The van der Waals surface area contributed by atoms with E-state index in [2.05, 4.69) is 22.1 Å². The van der Waals surface area contributed by atoms with Crippen molar-refractivity contribution in [3.8, 4) is 17.6 Å². The minimum absolute atomic E-state index is 0.170. The lowest BCUT2D eigenvalue weighted by Crippen LogP contribution is -2.39. The first kappa shape index (κ1) is 23.2. The van der Waals surface area contributed by atoms with Gasteiger partial charge in [0.1, 0.15) is 5.75 Å². The number of methoxy groups -OCH3 is 1. The van der Waals surface area contributed by atoms with Crippen molar-refractivity contribution in [1.82, 2.24) is 10.3 Å². The van der Waals surface area contributed by atoms with Gasteiger partial charge in [0.05, 0.1) is 25.3 Å². The Labute approximate surface area is 209 Å². The molecule has 1 amide bonds. The van der Waals surface area contributed by atoms with Gasteiger partial charge in [-0.05, 0) is 53.1 Å². The molecule has 0 aliphatic rings. The normalized spacial score (nSPS) is 11.6. The van der Waals surface area contributed by atoms with Crippen LogP contribution in [-0.2, 0) is 6.42 Å². The number of ether oxygens (including phenoxy) is 1. The Hall–Kier alpha value is -4.53. The molecule has 1 heterocycles. The van der Waals surface area contributed by atoms with E-state index in [1.165, 1.54) is 0 Å². The predicted molar refractivity (Wildman–Crippen MR) is 143 cm³/mol. The standard InChI is InChI=1S/C31H26N2O3/c1-36-30-13-7-3-8-22(30)15-14-21-16-23-9-2-4-10-26(23)28(17-21)31(35)33-25(20-34)18-24-19-32-29-12-6-5-11-27(24)29/h2-13,16-17,19,25,32,34H,18,20H2,1H3,(H,33,35)/t25-/m1/s1. The number of carbonyl (C=O) groups is 1. The Morgan fingerprint density at radius 2 is 1.72 bits per heavy atom. The Kier molecular flexibility index (Phi) is 6.70. The van der Waals surface area contributed by atoms with Gasteiger partial charge in [-0.1, -0.05) is 66.4 Å². The molecule has 3 N–H and O–H groups in total. The van der Waals surface area contributed by atoms with E-state index in [0.29, 0.717) is 17.7 Å². The number of para-hydroxylation sites is 2. The van der Waals surface area contributed by atoms with Gasteiger partial charge in [0.25, 0.3) is 5.91 Å². The highest BCUT2D eigenvalue weighted by molar-refractivity contribution is 6.07. The summed E-state index contributed by atoms with van der Waals surface area (Å²) in [6.07, 6.45) is 2.44. The average Bonchev–Trinajstić information content (AvgIpc) is 3.33. The van der Waals surface area contributed by atoms with Crippen LogP contribution in [0.1, 0.15) is 27.0 Å². The number of benzene rings is 4. The molecule has 0 aliphatic carbocycles. The van der Waals surface area contributed by atoms with Crippen molar-refractivity contribution in [2.75, 3.05) is 13.7 Å². The van der Waals surface area contributed by atoms with Gasteiger partial charge in [0.15, 0.2) is 0 Å². The summed E-state index contributed by atoms with van der Waals surface area (Å²) >= 11 is 0. The van der Waals surface area contributed by atoms with Gasteiger partial charge in [-0.25, -0.2) is 0 Å². The number of rotatable bonds is 6. The lowest BCUT2D eigenvalue weighted by molar-refractivity contribution is 0.0918. The van der Waals surface area contributed by atoms with Crippen LogP contribution in [0.15, 0.2) is 91.1 Å². The van der Waals surface area contributed by atoms with Crippen LogP contribution in [0, 0.1) is 11.8 Å². The first-order chi connectivity index (χ1) is 17.7. The second-order valence-corrected chi connectivity index (χ2v) is 8.61. The molecule has 4 aromatic carbocycles. The third kappa shape index (κ3) is 4.81. The Morgan fingerprint density at radius 1 is 0.972 bits per heavy atom. The summed E-state index contributed by atoms with van der Waals surface area (Å²) in [5, 5.41) is 15.9. The number of aliphatic hydroxyl groups is 1. The SMILES string of the molecule is COc1ccccc1C#Cc1cc(C(=O)N[C@@H](CO)Cc2c[nH]c3ccccc23)c2ccccc2c1. The number of aliphatic hydroxyl groups excluding tert-OH is 1. The number of aromatic amines is 1. The molecular formula is C31H26N2O3. The second-order valence-electron chi connectivity index (χ2n) is 8.61. The summed E-state index contributed by atoms with van der Waals surface area (Å²) in [6.45, 7) is -0.170. The number of amides is 1. The highest BCUT2D eigenvalue weighted by atomic mass is 16.5. The van der Waals surface area contributed by atoms with E-state index < -0.39 is 6.04 Å². The van der Waals surface area contributed by atoms with Gasteiger partial charge >= 0.3 is 0 Å². The Bertz CT molecular complexity index is 1610. The van der Waals surface area contributed by atoms with Crippen molar-refractivity contribution in [2.24, 2.45) is 0 Å². The van der Waals surface area contributed by atoms with E-state index in [9.17, 15) is 9.90 Å². The number of carbonyl (C=O) groups excluding carboxylic acids is 1. The molecule has 0 bridgehead atoms. The van der Waals surface area contributed by atoms with E-state index in [4.69, 9.17) is 4.74 Å². The monoisotopic (exact) mass is 474 g/mol. The maximum Gasteiger partial charge on any atom is 0.252 e. The molecule has 178 valence electrons. The number of H-pyrrole nitrogens is 1. The zero-order valence-corrected chi connectivity index (χ0v) is 19.9. The topological polar surface area (TPSA) is 74.3 Å². The molecule has 0 spiro atoms. The number of fused-ring (bicyclic) bond motifs is 2. The van der Waals surface area contributed by atoms with Gasteiger partial charge < -0.3 is 20.1 Å². The van der Waals surface area contributed by atoms with E-state index in [-0.39, 0.29) is 12.5 Å². The van der Waals surface area contributed by atoms with Gasteiger partial charge in [-0.15, -0.1) is 0 Å². The first-order valence-electron chi connectivity index (χ1n) is 11.8.